The molecule has 0 radical (unpaired) electrons. The molecule has 5 nitrogen and oxygen atoms in total. The number of rotatable bonds is 8. The van der Waals surface area contributed by atoms with Crippen LogP contribution < -0.4 is 5.32 Å². The molecule has 5 heteroatoms. The summed E-state index contributed by atoms with van der Waals surface area (Å²) in [5.41, 5.74) is 2.00. The molecule has 0 amide bonds. The first-order chi connectivity index (χ1) is 9.72. The number of hydrogen-bond donors (Lipinski definition) is 1. The van der Waals surface area contributed by atoms with E-state index in [4.69, 9.17) is 0 Å². The van der Waals surface area contributed by atoms with E-state index in [1.54, 1.807) is 6.33 Å². The molecule has 2 aromatic rings. The van der Waals surface area contributed by atoms with Crippen LogP contribution in [0, 0.1) is 0 Å². The summed E-state index contributed by atoms with van der Waals surface area (Å²) in [7, 11) is 0. The summed E-state index contributed by atoms with van der Waals surface area (Å²) in [6, 6.07) is 4.52. The van der Waals surface area contributed by atoms with Gasteiger partial charge in [-0.25, -0.2) is 0 Å². The van der Waals surface area contributed by atoms with Crippen molar-refractivity contribution in [2.45, 2.75) is 39.7 Å². The van der Waals surface area contributed by atoms with Gasteiger partial charge in [0.2, 0.25) is 0 Å². The second-order valence-electron chi connectivity index (χ2n) is 5.23. The Hall–Kier alpha value is -1.62. The van der Waals surface area contributed by atoms with E-state index in [-0.39, 0.29) is 0 Å². The van der Waals surface area contributed by atoms with Gasteiger partial charge >= 0.3 is 0 Å². The zero-order valence-electron chi connectivity index (χ0n) is 12.7. The Balaban J connectivity index is 1.80. The van der Waals surface area contributed by atoms with Crippen molar-refractivity contribution in [2.75, 3.05) is 25.0 Å². The van der Waals surface area contributed by atoms with Crippen LogP contribution in [0.3, 0.4) is 0 Å². The minimum Gasteiger partial charge on any atom is -0.381 e. The first kappa shape index (κ1) is 14.8. The molecule has 0 aromatic carbocycles. The minimum atomic E-state index is 0.472. The largest absolute Gasteiger partial charge is 0.381 e. The Kier molecular flexibility index (Phi) is 5.35. The molecule has 0 spiro atoms. The average Bonchev–Trinajstić information content (AvgIpc) is 2.91. The highest BCUT2D eigenvalue weighted by Gasteiger charge is 2.05. The molecule has 1 unspecified atom stereocenters. The highest BCUT2D eigenvalue weighted by Crippen LogP contribution is 2.12. The number of fused-ring (bicyclic) bond motifs is 1. The standard InChI is InChI=1S/C15H25N5/c1-4-19(5-2)10-6-7-13(3)17-14-8-9-15-18-16-12-20(15)11-14/h8-9,11-13,17H,4-7,10H2,1-3H3. The SMILES string of the molecule is CCN(CC)CCCC(C)Nc1ccc2nncn2c1. The van der Waals surface area contributed by atoms with Crippen LogP contribution in [0.25, 0.3) is 5.65 Å². The van der Waals surface area contributed by atoms with Crippen molar-refractivity contribution in [3.05, 3.63) is 24.7 Å². The highest BCUT2D eigenvalue weighted by atomic mass is 15.2. The quantitative estimate of drug-likeness (QED) is 0.804. The fraction of sp³-hybridized carbons (Fsp3) is 0.600. The zero-order valence-corrected chi connectivity index (χ0v) is 12.7. The summed E-state index contributed by atoms with van der Waals surface area (Å²) < 4.78 is 1.94. The van der Waals surface area contributed by atoms with E-state index in [0.717, 1.165) is 24.4 Å². The molecular formula is C15H25N5. The molecule has 110 valence electrons. The van der Waals surface area contributed by atoms with E-state index in [2.05, 4.69) is 47.3 Å². The van der Waals surface area contributed by atoms with Crippen LogP contribution in [0.4, 0.5) is 5.69 Å². The van der Waals surface area contributed by atoms with Gasteiger partial charge in [-0.15, -0.1) is 10.2 Å². The normalized spacial score (nSPS) is 13.0. The van der Waals surface area contributed by atoms with Crippen molar-refractivity contribution in [2.24, 2.45) is 0 Å². The van der Waals surface area contributed by atoms with Crippen LogP contribution in [-0.4, -0.2) is 45.2 Å². The smallest absolute Gasteiger partial charge is 0.160 e. The molecule has 2 heterocycles. The maximum atomic E-state index is 4.01. The van der Waals surface area contributed by atoms with E-state index in [9.17, 15) is 0 Å². The van der Waals surface area contributed by atoms with Crippen LogP contribution in [0.1, 0.15) is 33.6 Å². The first-order valence-electron chi connectivity index (χ1n) is 7.51. The fourth-order valence-corrected chi connectivity index (χ4v) is 2.43. The monoisotopic (exact) mass is 275 g/mol. The van der Waals surface area contributed by atoms with E-state index < -0.39 is 0 Å². The minimum absolute atomic E-state index is 0.472. The lowest BCUT2D eigenvalue weighted by Crippen LogP contribution is -2.25. The van der Waals surface area contributed by atoms with Crippen LogP contribution in [0.2, 0.25) is 0 Å². The van der Waals surface area contributed by atoms with Crippen molar-refractivity contribution in [1.29, 1.82) is 0 Å². The molecule has 0 aliphatic rings. The Bertz CT molecular complexity index is 518. The summed E-state index contributed by atoms with van der Waals surface area (Å²) in [5.74, 6) is 0. The predicted octanol–water partition coefficient (Wildman–Crippen LogP) is 2.65. The Morgan fingerprint density at radius 1 is 1.30 bits per heavy atom. The first-order valence-corrected chi connectivity index (χ1v) is 7.51. The highest BCUT2D eigenvalue weighted by molar-refractivity contribution is 5.49. The molecule has 0 saturated carbocycles. The molecule has 1 N–H and O–H groups in total. The van der Waals surface area contributed by atoms with Crippen LogP contribution in [0.15, 0.2) is 24.7 Å². The van der Waals surface area contributed by atoms with Gasteiger partial charge in [0.1, 0.15) is 6.33 Å². The number of anilines is 1. The van der Waals surface area contributed by atoms with Crippen molar-refractivity contribution < 1.29 is 0 Å². The molecule has 0 saturated heterocycles. The Morgan fingerprint density at radius 2 is 2.10 bits per heavy atom. The van der Waals surface area contributed by atoms with Gasteiger partial charge in [0.25, 0.3) is 0 Å². The van der Waals surface area contributed by atoms with Gasteiger partial charge in [0, 0.05) is 12.2 Å². The molecule has 1 atom stereocenters. The number of aromatic nitrogens is 3. The van der Waals surface area contributed by atoms with Gasteiger partial charge in [0.05, 0.1) is 5.69 Å². The molecule has 2 aromatic heterocycles. The number of nitrogens with one attached hydrogen (secondary N) is 1. The third kappa shape index (κ3) is 3.93. The number of hydrogen-bond acceptors (Lipinski definition) is 4. The lowest BCUT2D eigenvalue weighted by atomic mass is 10.1. The van der Waals surface area contributed by atoms with Gasteiger partial charge in [-0.3, -0.25) is 4.40 Å². The summed E-state index contributed by atoms with van der Waals surface area (Å²) in [5, 5.41) is 11.4. The Morgan fingerprint density at radius 3 is 2.85 bits per heavy atom. The molecule has 2 rings (SSSR count). The number of nitrogens with zero attached hydrogens (tertiary/aromatic N) is 4. The summed E-state index contributed by atoms with van der Waals surface area (Å²) in [6.07, 6.45) is 6.17. The van der Waals surface area contributed by atoms with Gasteiger partial charge in [0.15, 0.2) is 5.65 Å². The van der Waals surface area contributed by atoms with Crippen molar-refractivity contribution in [3.63, 3.8) is 0 Å². The van der Waals surface area contributed by atoms with Crippen molar-refractivity contribution >= 4 is 11.3 Å². The molecular weight excluding hydrogens is 250 g/mol. The molecule has 20 heavy (non-hydrogen) atoms. The molecule has 0 bridgehead atoms. The topological polar surface area (TPSA) is 45.5 Å². The van der Waals surface area contributed by atoms with Crippen molar-refractivity contribution in [3.8, 4) is 0 Å². The summed E-state index contributed by atoms with van der Waals surface area (Å²) >= 11 is 0. The lowest BCUT2D eigenvalue weighted by molar-refractivity contribution is 0.295. The summed E-state index contributed by atoms with van der Waals surface area (Å²) in [6.45, 7) is 10.1. The van der Waals surface area contributed by atoms with Crippen LogP contribution in [-0.2, 0) is 0 Å². The Labute approximate surface area is 121 Å². The third-order valence-electron chi connectivity index (χ3n) is 3.71. The maximum Gasteiger partial charge on any atom is 0.160 e. The van der Waals surface area contributed by atoms with Gasteiger partial charge in [-0.2, -0.15) is 0 Å². The van der Waals surface area contributed by atoms with Gasteiger partial charge in [-0.1, -0.05) is 13.8 Å². The predicted molar refractivity (Wildman–Crippen MR) is 83.1 cm³/mol. The van der Waals surface area contributed by atoms with Gasteiger partial charge in [-0.05, 0) is 51.5 Å². The average molecular weight is 275 g/mol. The van der Waals surface area contributed by atoms with E-state index >= 15 is 0 Å². The molecule has 0 fully saturated rings. The number of pyridine rings is 1. The van der Waals surface area contributed by atoms with Crippen LogP contribution in [0.5, 0.6) is 0 Å². The molecule has 0 aliphatic heterocycles. The van der Waals surface area contributed by atoms with Crippen molar-refractivity contribution in [1.82, 2.24) is 19.5 Å². The molecule has 0 aliphatic carbocycles. The lowest BCUT2D eigenvalue weighted by Gasteiger charge is -2.20. The van der Waals surface area contributed by atoms with Gasteiger partial charge < -0.3 is 10.2 Å². The second kappa shape index (κ2) is 7.24. The van der Waals surface area contributed by atoms with E-state index in [0.29, 0.717) is 6.04 Å². The van der Waals surface area contributed by atoms with E-state index in [1.807, 2.05) is 16.7 Å². The maximum absolute atomic E-state index is 4.01. The van der Waals surface area contributed by atoms with E-state index in [1.165, 1.54) is 19.4 Å². The second-order valence-corrected chi connectivity index (χ2v) is 5.23. The fourth-order valence-electron chi connectivity index (χ4n) is 2.43. The zero-order chi connectivity index (χ0) is 14.4. The summed E-state index contributed by atoms with van der Waals surface area (Å²) in [4.78, 5) is 2.47. The third-order valence-corrected chi connectivity index (χ3v) is 3.71. The van der Waals surface area contributed by atoms with Crippen LogP contribution >= 0.6 is 0 Å².